The molecular formula is C20H22N4. The van der Waals surface area contributed by atoms with E-state index >= 15 is 0 Å². The van der Waals surface area contributed by atoms with Gasteiger partial charge in [0.2, 0.25) is 0 Å². The number of aryl methyl sites for hydroxylation is 2. The average molecular weight is 318 g/mol. The second kappa shape index (κ2) is 7.13. The number of para-hydroxylation sites is 1. The third-order valence-electron chi connectivity index (χ3n) is 4.14. The van der Waals surface area contributed by atoms with Gasteiger partial charge in [-0.15, -0.1) is 0 Å². The predicted molar refractivity (Wildman–Crippen MR) is 99.6 cm³/mol. The number of hydrazone groups is 1. The first-order chi connectivity index (χ1) is 11.6. The highest BCUT2D eigenvalue weighted by Crippen LogP contribution is 2.15. The molecule has 0 aliphatic heterocycles. The SMILES string of the molecule is Cc1ccccc1N/N=C\c1c(C)nn(Cc2ccccc2)c1C. The summed E-state index contributed by atoms with van der Waals surface area (Å²) in [5.74, 6) is 0. The summed E-state index contributed by atoms with van der Waals surface area (Å²) in [5, 5.41) is 9.03. The highest BCUT2D eigenvalue weighted by atomic mass is 15.3. The molecule has 0 unspecified atom stereocenters. The van der Waals surface area contributed by atoms with Crippen LogP contribution >= 0.6 is 0 Å². The molecule has 4 nitrogen and oxygen atoms in total. The van der Waals surface area contributed by atoms with Crippen molar-refractivity contribution in [2.75, 3.05) is 5.43 Å². The van der Waals surface area contributed by atoms with E-state index in [1.807, 2.05) is 42.1 Å². The average Bonchev–Trinajstić information content (AvgIpc) is 2.85. The number of aromatic nitrogens is 2. The number of rotatable bonds is 5. The smallest absolute Gasteiger partial charge is 0.0685 e. The van der Waals surface area contributed by atoms with Gasteiger partial charge in [0.05, 0.1) is 24.1 Å². The standard InChI is InChI=1S/C20H22N4/c1-15-9-7-8-12-20(15)22-21-13-19-16(2)23-24(17(19)3)14-18-10-5-4-6-11-18/h4-13,22H,14H2,1-3H3/b21-13-. The highest BCUT2D eigenvalue weighted by molar-refractivity contribution is 5.83. The van der Waals surface area contributed by atoms with Gasteiger partial charge in [-0.25, -0.2) is 0 Å². The van der Waals surface area contributed by atoms with E-state index < -0.39 is 0 Å². The molecule has 0 atom stereocenters. The van der Waals surface area contributed by atoms with Crippen LogP contribution in [0.25, 0.3) is 0 Å². The Bertz CT molecular complexity index is 847. The molecule has 0 saturated heterocycles. The lowest BCUT2D eigenvalue weighted by Gasteiger charge is -2.05. The molecule has 1 aromatic heterocycles. The van der Waals surface area contributed by atoms with Crippen molar-refractivity contribution in [3.05, 3.63) is 82.7 Å². The Hall–Kier alpha value is -2.88. The van der Waals surface area contributed by atoms with Gasteiger partial charge in [-0.1, -0.05) is 48.5 Å². The number of anilines is 1. The van der Waals surface area contributed by atoms with Crippen LogP contribution in [0.1, 0.15) is 28.1 Å². The summed E-state index contributed by atoms with van der Waals surface area (Å²) in [6, 6.07) is 18.5. The summed E-state index contributed by atoms with van der Waals surface area (Å²) >= 11 is 0. The fraction of sp³-hybridized carbons (Fsp3) is 0.200. The molecule has 0 bridgehead atoms. The van der Waals surface area contributed by atoms with Gasteiger partial charge in [-0.05, 0) is 38.0 Å². The van der Waals surface area contributed by atoms with E-state index in [2.05, 4.69) is 59.8 Å². The molecule has 0 radical (unpaired) electrons. The molecular weight excluding hydrogens is 296 g/mol. The number of hydrogen-bond donors (Lipinski definition) is 1. The predicted octanol–water partition coefficient (Wildman–Crippen LogP) is 4.30. The third kappa shape index (κ3) is 3.54. The summed E-state index contributed by atoms with van der Waals surface area (Å²) < 4.78 is 2.03. The van der Waals surface area contributed by atoms with Crippen molar-refractivity contribution in [1.82, 2.24) is 9.78 Å². The lowest BCUT2D eigenvalue weighted by Crippen LogP contribution is -2.04. The Kier molecular flexibility index (Phi) is 4.75. The van der Waals surface area contributed by atoms with Crippen molar-refractivity contribution >= 4 is 11.9 Å². The second-order valence-electron chi connectivity index (χ2n) is 5.91. The van der Waals surface area contributed by atoms with E-state index in [-0.39, 0.29) is 0 Å². The van der Waals surface area contributed by atoms with E-state index in [0.717, 1.165) is 29.2 Å². The molecule has 0 aliphatic carbocycles. The minimum absolute atomic E-state index is 0.770. The molecule has 4 heteroatoms. The third-order valence-corrected chi connectivity index (χ3v) is 4.14. The Labute approximate surface area is 142 Å². The number of hydrogen-bond acceptors (Lipinski definition) is 3. The van der Waals surface area contributed by atoms with Crippen LogP contribution in [-0.4, -0.2) is 16.0 Å². The summed E-state index contributed by atoms with van der Waals surface area (Å²) in [4.78, 5) is 0. The zero-order valence-corrected chi connectivity index (χ0v) is 14.3. The van der Waals surface area contributed by atoms with Crippen molar-refractivity contribution in [1.29, 1.82) is 0 Å². The second-order valence-corrected chi connectivity index (χ2v) is 5.91. The molecule has 3 aromatic rings. The van der Waals surface area contributed by atoms with Crippen LogP contribution in [0.4, 0.5) is 5.69 Å². The van der Waals surface area contributed by atoms with E-state index in [1.54, 1.807) is 0 Å². The van der Waals surface area contributed by atoms with Gasteiger partial charge in [0.15, 0.2) is 0 Å². The molecule has 0 amide bonds. The molecule has 2 aromatic carbocycles. The molecule has 122 valence electrons. The first-order valence-electron chi connectivity index (χ1n) is 8.08. The van der Waals surface area contributed by atoms with Crippen LogP contribution in [0.15, 0.2) is 59.7 Å². The Morgan fingerprint density at radius 3 is 2.46 bits per heavy atom. The van der Waals surface area contributed by atoms with Crippen molar-refractivity contribution in [3.8, 4) is 0 Å². The normalized spacial score (nSPS) is 11.1. The van der Waals surface area contributed by atoms with Gasteiger partial charge in [0.1, 0.15) is 0 Å². The maximum Gasteiger partial charge on any atom is 0.0685 e. The van der Waals surface area contributed by atoms with Gasteiger partial charge in [0, 0.05) is 11.3 Å². The zero-order valence-electron chi connectivity index (χ0n) is 14.3. The minimum atomic E-state index is 0.770. The van der Waals surface area contributed by atoms with Crippen molar-refractivity contribution in [3.63, 3.8) is 0 Å². The largest absolute Gasteiger partial charge is 0.278 e. The van der Waals surface area contributed by atoms with Crippen LogP contribution in [0, 0.1) is 20.8 Å². The van der Waals surface area contributed by atoms with Gasteiger partial charge < -0.3 is 0 Å². The lowest BCUT2D eigenvalue weighted by atomic mass is 10.2. The quantitative estimate of drug-likeness (QED) is 0.563. The Morgan fingerprint density at radius 1 is 1.00 bits per heavy atom. The van der Waals surface area contributed by atoms with Crippen LogP contribution in [0.5, 0.6) is 0 Å². The van der Waals surface area contributed by atoms with Crippen LogP contribution < -0.4 is 5.43 Å². The molecule has 3 rings (SSSR count). The number of nitrogens with one attached hydrogen (secondary N) is 1. The van der Waals surface area contributed by atoms with E-state index in [9.17, 15) is 0 Å². The Balaban J connectivity index is 1.77. The van der Waals surface area contributed by atoms with Crippen molar-refractivity contribution < 1.29 is 0 Å². The van der Waals surface area contributed by atoms with Crippen molar-refractivity contribution in [2.24, 2.45) is 5.10 Å². The van der Waals surface area contributed by atoms with Gasteiger partial charge in [0.25, 0.3) is 0 Å². The fourth-order valence-corrected chi connectivity index (χ4v) is 2.67. The topological polar surface area (TPSA) is 42.2 Å². The van der Waals surface area contributed by atoms with E-state index in [4.69, 9.17) is 0 Å². The molecule has 0 fully saturated rings. The molecule has 0 saturated carbocycles. The minimum Gasteiger partial charge on any atom is -0.278 e. The number of nitrogens with zero attached hydrogens (tertiary/aromatic N) is 3. The van der Waals surface area contributed by atoms with E-state index in [1.165, 1.54) is 11.1 Å². The zero-order chi connectivity index (χ0) is 16.9. The molecule has 1 heterocycles. The van der Waals surface area contributed by atoms with Crippen LogP contribution in [-0.2, 0) is 6.54 Å². The maximum absolute atomic E-state index is 4.65. The Morgan fingerprint density at radius 2 is 1.71 bits per heavy atom. The van der Waals surface area contributed by atoms with Gasteiger partial charge in [-0.2, -0.15) is 10.2 Å². The summed E-state index contributed by atoms with van der Waals surface area (Å²) in [6.07, 6.45) is 1.85. The molecule has 0 spiro atoms. The molecule has 1 N–H and O–H groups in total. The van der Waals surface area contributed by atoms with Crippen molar-refractivity contribution in [2.45, 2.75) is 27.3 Å². The first-order valence-corrected chi connectivity index (χ1v) is 8.08. The summed E-state index contributed by atoms with van der Waals surface area (Å²) in [6.45, 7) is 6.93. The monoisotopic (exact) mass is 318 g/mol. The molecule has 0 aliphatic rings. The van der Waals surface area contributed by atoms with Gasteiger partial charge in [-0.3, -0.25) is 10.1 Å². The van der Waals surface area contributed by atoms with Crippen LogP contribution in [0.3, 0.4) is 0 Å². The summed E-state index contributed by atoms with van der Waals surface area (Å²) in [7, 11) is 0. The first kappa shape index (κ1) is 16.0. The molecule has 24 heavy (non-hydrogen) atoms. The van der Waals surface area contributed by atoms with Crippen LogP contribution in [0.2, 0.25) is 0 Å². The highest BCUT2D eigenvalue weighted by Gasteiger charge is 2.10. The van der Waals surface area contributed by atoms with E-state index in [0.29, 0.717) is 0 Å². The lowest BCUT2D eigenvalue weighted by molar-refractivity contribution is 0.659. The fourth-order valence-electron chi connectivity index (χ4n) is 2.67. The summed E-state index contributed by atoms with van der Waals surface area (Å²) in [5.41, 5.74) is 9.70. The number of benzene rings is 2. The maximum atomic E-state index is 4.65. The van der Waals surface area contributed by atoms with Gasteiger partial charge >= 0.3 is 0 Å².